The van der Waals surface area contributed by atoms with Gasteiger partial charge in [-0.05, 0) is 24.3 Å². The van der Waals surface area contributed by atoms with Gasteiger partial charge in [0.05, 0.1) is 0 Å². The number of nitrogens with zero attached hydrogens (tertiary/aromatic N) is 2. The molecule has 0 radical (unpaired) electrons. The van der Waals surface area contributed by atoms with E-state index < -0.39 is 5.91 Å². The molecule has 0 unspecified atom stereocenters. The maximum Gasteiger partial charge on any atom is 0.278 e. The molecule has 4 nitrogen and oxygen atoms in total. The van der Waals surface area contributed by atoms with E-state index in [2.05, 4.69) is 4.99 Å². The first-order valence-electron chi connectivity index (χ1n) is 8.23. The van der Waals surface area contributed by atoms with Crippen LogP contribution in [0.4, 0.5) is 0 Å². The number of hydrogen-bond acceptors (Lipinski definition) is 2. The highest BCUT2D eigenvalue weighted by Crippen LogP contribution is 2.12. The third-order valence-electron chi connectivity index (χ3n) is 3.90. The van der Waals surface area contributed by atoms with Crippen LogP contribution < -0.4 is 0 Å². The molecule has 0 N–H and O–H groups in total. The van der Waals surface area contributed by atoms with Crippen molar-refractivity contribution in [2.24, 2.45) is 4.99 Å². The minimum absolute atomic E-state index is 0.228. The third-order valence-corrected chi connectivity index (χ3v) is 3.90. The first kappa shape index (κ1) is 17.3. The van der Waals surface area contributed by atoms with Gasteiger partial charge in [0.25, 0.3) is 11.8 Å². The van der Waals surface area contributed by atoms with E-state index in [1.807, 2.05) is 42.5 Å². The number of aliphatic imine (C=N–C) groups is 1. The number of amides is 2. The van der Waals surface area contributed by atoms with Gasteiger partial charge in [0.2, 0.25) is 0 Å². The summed E-state index contributed by atoms with van der Waals surface area (Å²) >= 11 is 0. The minimum atomic E-state index is -0.392. The number of hydrogen-bond donors (Lipinski definition) is 0. The predicted molar refractivity (Wildman–Crippen MR) is 102 cm³/mol. The zero-order valence-electron chi connectivity index (χ0n) is 14.4. The topological polar surface area (TPSA) is 49.7 Å². The Bertz CT molecular complexity index is 920. The highest BCUT2D eigenvalue weighted by Gasteiger charge is 2.20. The molecule has 0 saturated carbocycles. The number of benzene rings is 3. The van der Waals surface area contributed by atoms with Crippen molar-refractivity contribution in [3.05, 3.63) is 108 Å². The summed E-state index contributed by atoms with van der Waals surface area (Å²) < 4.78 is 0. The number of amidine groups is 1. The maximum atomic E-state index is 12.8. The van der Waals surface area contributed by atoms with Crippen LogP contribution in [0, 0.1) is 0 Å². The van der Waals surface area contributed by atoms with Crippen molar-refractivity contribution < 1.29 is 9.59 Å². The SMILES string of the molecule is CN(C(=O)c1ccccc1)C(=NC(=O)c1ccccc1)c1ccccc1. The van der Waals surface area contributed by atoms with Crippen molar-refractivity contribution in [3.63, 3.8) is 0 Å². The fourth-order valence-electron chi connectivity index (χ4n) is 2.53. The van der Waals surface area contributed by atoms with E-state index in [0.717, 1.165) is 0 Å². The standard InChI is InChI=1S/C22H18N2O2/c1-24(22(26)19-15-9-4-10-16-19)20(17-11-5-2-6-12-17)23-21(25)18-13-7-3-8-14-18/h2-16H,1H3. The van der Waals surface area contributed by atoms with Crippen LogP contribution in [0.1, 0.15) is 26.3 Å². The molecule has 0 fully saturated rings. The summed E-state index contributed by atoms with van der Waals surface area (Å²) in [6, 6.07) is 26.9. The average Bonchev–Trinajstić information content (AvgIpc) is 2.72. The van der Waals surface area contributed by atoms with E-state index in [9.17, 15) is 9.59 Å². The third kappa shape index (κ3) is 3.92. The quantitative estimate of drug-likeness (QED) is 0.533. The van der Waals surface area contributed by atoms with Crippen molar-refractivity contribution in [1.82, 2.24) is 4.90 Å². The van der Waals surface area contributed by atoms with Crippen LogP contribution in [-0.2, 0) is 0 Å². The van der Waals surface area contributed by atoms with Crippen LogP contribution in [-0.4, -0.2) is 29.6 Å². The smallest absolute Gasteiger partial charge is 0.278 e. The Morgan fingerprint density at radius 3 is 1.58 bits per heavy atom. The van der Waals surface area contributed by atoms with E-state index >= 15 is 0 Å². The molecule has 26 heavy (non-hydrogen) atoms. The van der Waals surface area contributed by atoms with Crippen LogP contribution in [0.5, 0.6) is 0 Å². The molecule has 4 heteroatoms. The van der Waals surface area contributed by atoms with Crippen LogP contribution in [0.15, 0.2) is 96.0 Å². The summed E-state index contributed by atoms with van der Waals surface area (Å²) in [6.07, 6.45) is 0. The summed E-state index contributed by atoms with van der Waals surface area (Å²) in [5, 5.41) is 0. The first-order chi connectivity index (χ1) is 12.7. The number of rotatable bonds is 3. The molecule has 0 saturated heterocycles. The molecule has 0 aliphatic rings. The van der Waals surface area contributed by atoms with E-state index in [1.165, 1.54) is 4.90 Å². The van der Waals surface area contributed by atoms with Crippen molar-refractivity contribution in [2.75, 3.05) is 7.05 Å². The van der Waals surface area contributed by atoms with Gasteiger partial charge in [0, 0.05) is 23.7 Å². The molecular formula is C22H18N2O2. The molecule has 0 heterocycles. The van der Waals surface area contributed by atoms with E-state index in [0.29, 0.717) is 22.5 Å². The predicted octanol–water partition coefficient (Wildman–Crippen LogP) is 4.05. The molecular weight excluding hydrogens is 324 g/mol. The summed E-state index contributed by atoms with van der Waals surface area (Å²) in [4.78, 5) is 31.0. The highest BCUT2D eigenvalue weighted by molar-refractivity contribution is 6.16. The van der Waals surface area contributed by atoms with Crippen molar-refractivity contribution >= 4 is 17.6 Å². The molecule has 3 aromatic carbocycles. The van der Waals surface area contributed by atoms with Gasteiger partial charge in [-0.2, -0.15) is 4.99 Å². The van der Waals surface area contributed by atoms with Gasteiger partial charge in [-0.25, -0.2) is 0 Å². The minimum Gasteiger partial charge on any atom is -0.295 e. The summed E-state index contributed by atoms with van der Waals surface area (Å²) in [7, 11) is 1.62. The lowest BCUT2D eigenvalue weighted by atomic mass is 10.1. The van der Waals surface area contributed by atoms with Crippen LogP contribution in [0.2, 0.25) is 0 Å². The van der Waals surface area contributed by atoms with Crippen LogP contribution in [0.3, 0.4) is 0 Å². The fourth-order valence-corrected chi connectivity index (χ4v) is 2.53. The number of carbonyl (C=O) groups is 2. The van der Waals surface area contributed by atoms with Crippen LogP contribution >= 0.6 is 0 Å². The van der Waals surface area contributed by atoms with Crippen molar-refractivity contribution in [1.29, 1.82) is 0 Å². The molecule has 0 aliphatic heterocycles. The molecule has 128 valence electrons. The molecule has 0 spiro atoms. The maximum absolute atomic E-state index is 12.8. The van der Waals surface area contributed by atoms with E-state index in [-0.39, 0.29) is 5.91 Å². The molecule has 3 rings (SSSR count). The molecule has 0 bridgehead atoms. The second kappa shape index (κ2) is 8.03. The normalized spacial score (nSPS) is 11.0. The average molecular weight is 342 g/mol. The summed E-state index contributed by atoms with van der Waals surface area (Å²) in [5.41, 5.74) is 1.70. The largest absolute Gasteiger partial charge is 0.295 e. The second-order valence-electron chi connectivity index (χ2n) is 5.70. The van der Waals surface area contributed by atoms with E-state index in [1.54, 1.807) is 55.6 Å². The summed E-state index contributed by atoms with van der Waals surface area (Å²) in [6.45, 7) is 0. The van der Waals surface area contributed by atoms with Gasteiger partial charge in [0.15, 0.2) is 0 Å². The van der Waals surface area contributed by atoms with Gasteiger partial charge in [-0.15, -0.1) is 0 Å². The van der Waals surface area contributed by atoms with Gasteiger partial charge < -0.3 is 0 Å². The zero-order valence-corrected chi connectivity index (χ0v) is 14.4. The van der Waals surface area contributed by atoms with Gasteiger partial charge in [-0.3, -0.25) is 14.5 Å². The van der Waals surface area contributed by atoms with Gasteiger partial charge >= 0.3 is 0 Å². The summed E-state index contributed by atoms with van der Waals surface area (Å²) in [5.74, 6) is -0.306. The lowest BCUT2D eigenvalue weighted by Crippen LogP contribution is -2.34. The Balaban J connectivity index is 2.00. The zero-order chi connectivity index (χ0) is 18.4. The molecule has 3 aromatic rings. The molecule has 2 amide bonds. The molecule has 0 atom stereocenters. The highest BCUT2D eigenvalue weighted by atomic mass is 16.2. The van der Waals surface area contributed by atoms with Gasteiger partial charge in [0.1, 0.15) is 5.84 Å². The monoisotopic (exact) mass is 342 g/mol. The Morgan fingerprint density at radius 1 is 0.654 bits per heavy atom. The fraction of sp³-hybridized carbons (Fsp3) is 0.0455. The Morgan fingerprint density at radius 2 is 1.08 bits per heavy atom. The Hall–Kier alpha value is -3.53. The Labute approximate surface area is 152 Å². The lowest BCUT2D eigenvalue weighted by Gasteiger charge is -2.19. The molecule has 0 aliphatic carbocycles. The second-order valence-corrected chi connectivity index (χ2v) is 5.70. The van der Waals surface area contributed by atoms with Crippen molar-refractivity contribution in [3.8, 4) is 0 Å². The lowest BCUT2D eigenvalue weighted by molar-refractivity contribution is 0.0870. The van der Waals surface area contributed by atoms with E-state index in [4.69, 9.17) is 0 Å². The van der Waals surface area contributed by atoms with Crippen molar-refractivity contribution in [2.45, 2.75) is 0 Å². The number of carbonyl (C=O) groups excluding carboxylic acids is 2. The molecule has 0 aromatic heterocycles. The van der Waals surface area contributed by atoms with Gasteiger partial charge in [-0.1, -0.05) is 66.7 Å². The first-order valence-corrected chi connectivity index (χ1v) is 8.23. The Kier molecular flexibility index (Phi) is 5.34. The van der Waals surface area contributed by atoms with Crippen LogP contribution in [0.25, 0.3) is 0 Å².